The fraction of sp³-hybridized carbons (Fsp3) is 0.529. The van der Waals surface area contributed by atoms with Crippen molar-refractivity contribution in [3.05, 3.63) is 34.9 Å². The lowest BCUT2D eigenvalue weighted by Crippen LogP contribution is -2.41. The molecule has 0 amide bonds. The van der Waals surface area contributed by atoms with Crippen LogP contribution in [-0.4, -0.2) is 20.5 Å². The summed E-state index contributed by atoms with van der Waals surface area (Å²) in [5, 5.41) is 8.87. The SMILES string of the molecule is N#Cc1cc(C(=O)C2CC3CCCC(C2)S3=O)cc(C(F)(F)F)c1. The van der Waals surface area contributed by atoms with Crippen LogP contribution in [0.3, 0.4) is 0 Å². The lowest BCUT2D eigenvalue weighted by atomic mass is 9.84. The average molecular weight is 355 g/mol. The average Bonchev–Trinajstić information content (AvgIpc) is 2.52. The Kier molecular flexibility index (Phi) is 4.52. The minimum absolute atomic E-state index is 0.0346. The van der Waals surface area contributed by atoms with Crippen LogP contribution in [0.15, 0.2) is 18.2 Å². The minimum Gasteiger partial charge on any atom is -0.294 e. The number of nitrogens with zero attached hydrogens (tertiary/aromatic N) is 1. The highest BCUT2D eigenvalue weighted by atomic mass is 32.2. The number of hydrogen-bond acceptors (Lipinski definition) is 3. The van der Waals surface area contributed by atoms with Crippen LogP contribution in [0.5, 0.6) is 0 Å². The summed E-state index contributed by atoms with van der Waals surface area (Å²) in [5.41, 5.74) is -1.23. The number of alkyl halides is 3. The molecule has 24 heavy (non-hydrogen) atoms. The van der Waals surface area contributed by atoms with Crippen LogP contribution < -0.4 is 0 Å². The summed E-state index contributed by atoms with van der Waals surface area (Å²) in [6, 6.07) is 4.48. The molecule has 0 aliphatic carbocycles. The Morgan fingerprint density at radius 1 is 1.17 bits per heavy atom. The number of benzene rings is 1. The van der Waals surface area contributed by atoms with Gasteiger partial charge >= 0.3 is 6.18 Å². The van der Waals surface area contributed by atoms with Crippen molar-refractivity contribution in [2.45, 2.75) is 48.8 Å². The zero-order chi connectivity index (χ0) is 17.5. The predicted octanol–water partition coefficient (Wildman–Crippen LogP) is 3.84. The van der Waals surface area contributed by atoms with Gasteiger partial charge in [0.25, 0.3) is 0 Å². The molecular weight excluding hydrogens is 339 g/mol. The standard InChI is InChI=1S/C17H16F3NO2S/c18-17(19,20)13-5-10(9-21)4-11(6-13)16(22)12-7-14-2-1-3-15(8-12)24(14)23/h4-6,12,14-15H,1-3,7-8H2. The van der Waals surface area contributed by atoms with E-state index in [9.17, 15) is 22.2 Å². The number of hydrogen-bond donors (Lipinski definition) is 0. The Bertz CT molecular complexity index is 722. The molecule has 0 spiro atoms. The van der Waals surface area contributed by atoms with Crippen LogP contribution in [0.2, 0.25) is 0 Å². The molecule has 3 rings (SSSR count). The van der Waals surface area contributed by atoms with Crippen molar-refractivity contribution in [1.29, 1.82) is 5.26 Å². The normalized spacial score (nSPS) is 29.8. The van der Waals surface area contributed by atoms with Crippen molar-refractivity contribution >= 4 is 16.6 Å². The lowest BCUT2D eigenvalue weighted by molar-refractivity contribution is -0.137. The summed E-state index contributed by atoms with van der Waals surface area (Å²) < 4.78 is 51.1. The van der Waals surface area contributed by atoms with Gasteiger partial charge in [-0.15, -0.1) is 0 Å². The molecule has 2 saturated heterocycles. The number of fused-ring (bicyclic) bond motifs is 2. The highest BCUT2D eigenvalue weighted by molar-refractivity contribution is 7.86. The van der Waals surface area contributed by atoms with Gasteiger partial charge in [0.05, 0.1) is 17.2 Å². The third-order valence-electron chi connectivity index (χ3n) is 4.85. The second-order valence-electron chi connectivity index (χ2n) is 6.44. The maximum absolute atomic E-state index is 13.0. The summed E-state index contributed by atoms with van der Waals surface area (Å²) >= 11 is 0. The summed E-state index contributed by atoms with van der Waals surface area (Å²) in [6.45, 7) is 0. The van der Waals surface area contributed by atoms with Crippen LogP contribution in [0.4, 0.5) is 13.2 Å². The van der Waals surface area contributed by atoms with E-state index in [-0.39, 0.29) is 27.4 Å². The van der Waals surface area contributed by atoms with E-state index in [1.54, 1.807) is 6.07 Å². The second kappa shape index (κ2) is 6.32. The third-order valence-corrected chi connectivity index (χ3v) is 7.02. The zero-order valence-corrected chi connectivity index (χ0v) is 13.6. The molecule has 2 unspecified atom stereocenters. The van der Waals surface area contributed by atoms with E-state index >= 15 is 0 Å². The van der Waals surface area contributed by atoms with Crippen LogP contribution in [-0.2, 0) is 17.0 Å². The second-order valence-corrected chi connectivity index (χ2v) is 8.44. The van der Waals surface area contributed by atoms with Crippen molar-refractivity contribution in [3.63, 3.8) is 0 Å². The van der Waals surface area contributed by atoms with Crippen LogP contribution in [0, 0.1) is 17.2 Å². The zero-order valence-electron chi connectivity index (χ0n) is 12.8. The highest BCUT2D eigenvalue weighted by Crippen LogP contribution is 2.39. The van der Waals surface area contributed by atoms with E-state index in [0.717, 1.165) is 31.4 Å². The molecule has 2 aliphatic rings. The summed E-state index contributed by atoms with van der Waals surface area (Å²) in [6.07, 6.45) is -1.09. The Morgan fingerprint density at radius 2 is 1.79 bits per heavy atom. The van der Waals surface area contributed by atoms with Gasteiger partial charge < -0.3 is 0 Å². The predicted molar refractivity (Wildman–Crippen MR) is 82.8 cm³/mol. The number of rotatable bonds is 2. The number of Topliss-reactive ketones (excluding diaryl/α,β-unsaturated/α-hetero) is 1. The maximum Gasteiger partial charge on any atom is 0.416 e. The molecule has 2 bridgehead atoms. The van der Waals surface area contributed by atoms with Gasteiger partial charge in [0.1, 0.15) is 0 Å². The molecule has 2 aliphatic heterocycles. The van der Waals surface area contributed by atoms with Gasteiger partial charge in [-0.25, -0.2) is 0 Å². The minimum atomic E-state index is -4.60. The number of ketones is 1. The summed E-state index contributed by atoms with van der Waals surface area (Å²) in [5.74, 6) is -0.778. The largest absolute Gasteiger partial charge is 0.416 e. The number of carbonyl (C=O) groups excluding carboxylic acids is 1. The molecular formula is C17H16F3NO2S. The van der Waals surface area contributed by atoms with Gasteiger partial charge in [0.15, 0.2) is 5.78 Å². The first-order chi connectivity index (χ1) is 11.3. The first-order valence-electron chi connectivity index (χ1n) is 7.85. The third kappa shape index (κ3) is 3.25. The molecule has 1 aromatic rings. The van der Waals surface area contributed by atoms with Gasteiger partial charge in [-0.2, -0.15) is 18.4 Å². The maximum atomic E-state index is 13.0. The van der Waals surface area contributed by atoms with Crippen molar-refractivity contribution in [2.75, 3.05) is 0 Å². The van der Waals surface area contributed by atoms with E-state index in [1.807, 2.05) is 0 Å². The molecule has 2 atom stereocenters. The van der Waals surface area contributed by atoms with Crippen LogP contribution >= 0.6 is 0 Å². The smallest absolute Gasteiger partial charge is 0.294 e. The van der Waals surface area contributed by atoms with E-state index in [2.05, 4.69) is 0 Å². The Labute approximate surface area is 140 Å². The van der Waals surface area contributed by atoms with Crippen molar-refractivity contribution in [2.24, 2.45) is 5.92 Å². The Hall–Kier alpha value is -1.68. The molecule has 0 N–H and O–H groups in total. The molecule has 128 valence electrons. The molecule has 7 heteroatoms. The van der Waals surface area contributed by atoms with Crippen molar-refractivity contribution in [1.82, 2.24) is 0 Å². The van der Waals surface area contributed by atoms with Gasteiger partial charge in [-0.05, 0) is 43.9 Å². The summed E-state index contributed by atoms with van der Waals surface area (Å²) in [4.78, 5) is 12.7. The summed E-state index contributed by atoms with van der Waals surface area (Å²) in [7, 11) is -0.939. The fourth-order valence-electron chi connectivity index (χ4n) is 3.68. The molecule has 0 radical (unpaired) electrons. The fourth-order valence-corrected chi connectivity index (χ4v) is 5.87. The molecule has 3 nitrogen and oxygen atoms in total. The highest BCUT2D eigenvalue weighted by Gasteiger charge is 2.41. The molecule has 0 aromatic heterocycles. The van der Waals surface area contributed by atoms with Crippen molar-refractivity contribution < 1.29 is 22.2 Å². The van der Waals surface area contributed by atoms with Gasteiger partial charge in [-0.3, -0.25) is 9.00 Å². The number of carbonyl (C=O) groups is 1. The van der Waals surface area contributed by atoms with E-state index in [0.29, 0.717) is 12.8 Å². The molecule has 1 aromatic carbocycles. The van der Waals surface area contributed by atoms with E-state index in [4.69, 9.17) is 5.26 Å². The van der Waals surface area contributed by atoms with Gasteiger partial charge in [0, 0.05) is 32.8 Å². The van der Waals surface area contributed by atoms with E-state index in [1.165, 1.54) is 6.07 Å². The van der Waals surface area contributed by atoms with Crippen molar-refractivity contribution in [3.8, 4) is 6.07 Å². The monoisotopic (exact) mass is 355 g/mol. The first kappa shape index (κ1) is 17.2. The van der Waals surface area contributed by atoms with Crippen LogP contribution in [0.1, 0.15) is 53.6 Å². The molecule has 2 fully saturated rings. The number of nitriles is 1. The van der Waals surface area contributed by atoms with Crippen LogP contribution in [0.25, 0.3) is 0 Å². The Balaban J connectivity index is 1.90. The van der Waals surface area contributed by atoms with Gasteiger partial charge in [-0.1, -0.05) is 6.42 Å². The first-order valence-corrected chi connectivity index (χ1v) is 9.13. The molecule has 2 heterocycles. The van der Waals surface area contributed by atoms with Gasteiger partial charge in [0.2, 0.25) is 0 Å². The quantitative estimate of drug-likeness (QED) is 0.758. The van der Waals surface area contributed by atoms with E-state index < -0.39 is 28.5 Å². The lowest BCUT2D eigenvalue weighted by Gasteiger charge is -2.37. The number of halogens is 3. The topological polar surface area (TPSA) is 57.9 Å². The Morgan fingerprint density at radius 3 is 2.33 bits per heavy atom. The molecule has 0 saturated carbocycles.